The van der Waals surface area contributed by atoms with Crippen LogP contribution in [-0.4, -0.2) is 0 Å². The molecule has 0 aromatic carbocycles. The lowest BCUT2D eigenvalue weighted by atomic mass is 10.0. The molecule has 12 heavy (non-hydrogen) atoms. The molecule has 0 aromatic rings. The number of hydrogen-bond acceptors (Lipinski definition) is 0. The number of hydrogen-bond donors (Lipinski definition) is 0. The zero-order chi connectivity index (χ0) is 9.98. The molecule has 0 fully saturated rings. The van der Waals surface area contributed by atoms with Crippen molar-refractivity contribution < 1.29 is 0 Å². The van der Waals surface area contributed by atoms with E-state index in [1.54, 1.807) is 0 Å². The van der Waals surface area contributed by atoms with Gasteiger partial charge in [-0.05, 0) is 26.7 Å². The Balaban J connectivity index is 0. The van der Waals surface area contributed by atoms with E-state index in [9.17, 15) is 0 Å². The van der Waals surface area contributed by atoms with Crippen molar-refractivity contribution >= 4 is 0 Å². The third kappa shape index (κ3) is 7.59. The van der Waals surface area contributed by atoms with E-state index in [1.165, 1.54) is 24.0 Å². The summed E-state index contributed by atoms with van der Waals surface area (Å²) < 4.78 is 0. The normalized spacial score (nSPS) is 14.2. The molecule has 0 bridgehead atoms. The fraction of sp³-hybridized carbons (Fsp3) is 0.667. The fourth-order valence-corrected chi connectivity index (χ4v) is 1.05. The van der Waals surface area contributed by atoms with Crippen LogP contribution in [0.25, 0.3) is 0 Å². The first kappa shape index (κ1) is 14.0. The second-order valence-corrected chi connectivity index (χ2v) is 2.48. The van der Waals surface area contributed by atoms with Gasteiger partial charge in [-0.15, -0.1) is 0 Å². The second-order valence-electron chi connectivity index (χ2n) is 2.48. The van der Waals surface area contributed by atoms with Gasteiger partial charge < -0.3 is 0 Å². The molecule has 0 heterocycles. The van der Waals surface area contributed by atoms with Crippen molar-refractivity contribution in [3.8, 4) is 0 Å². The molecule has 0 saturated carbocycles. The largest absolute Gasteiger partial charge is 0.0813 e. The fourth-order valence-electron chi connectivity index (χ4n) is 1.05. The summed E-state index contributed by atoms with van der Waals surface area (Å²) in [4.78, 5) is 0. The van der Waals surface area contributed by atoms with Gasteiger partial charge in [0.05, 0.1) is 0 Å². The Morgan fingerprint density at radius 3 is 1.75 bits per heavy atom. The Hall–Kier alpha value is -0.520. The summed E-state index contributed by atoms with van der Waals surface area (Å²) in [7, 11) is 0. The van der Waals surface area contributed by atoms with Crippen molar-refractivity contribution in [3.63, 3.8) is 0 Å². The van der Waals surface area contributed by atoms with Crippen LogP contribution in [0.1, 0.15) is 54.4 Å². The molecule has 0 heteroatoms. The second kappa shape index (κ2) is 10.5. The average molecular weight is 168 g/mol. The molecule has 0 aromatic heterocycles. The molecule has 0 spiro atoms. The third-order valence-electron chi connectivity index (χ3n) is 1.48. The molecule has 1 aliphatic rings. The van der Waals surface area contributed by atoms with Gasteiger partial charge in [0.2, 0.25) is 0 Å². The lowest BCUT2D eigenvalue weighted by Crippen LogP contribution is -1.84. The van der Waals surface area contributed by atoms with Crippen LogP contribution in [0.15, 0.2) is 23.3 Å². The van der Waals surface area contributed by atoms with E-state index in [4.69, 9.17) is 0 Å². The van der Waals surface area contributed by atoms with E-state index >= 15 is 0 Å². The highest BCUT2D eigenvalue weighted by atomic mass is 14.0. The maximum atomic E-state index is 2.28. The van der Waals surface area contributed by atoms with Gasteiger partial charge >= 0.3 is 0 Å². The maximum Gasteiger partial charge on any atom is -0.0285 e. The predicted octanol–water partition coefficient (Wildman–Crippen LogP) is 4.73. The zero-order valence-corrected chi connectivity index (χ0v) is 9.57. The van der Waals surface area contributed by atoms with Crippen molar-refractivity contribution in [2.24, 2.45) is 0 Å². The lowest BCUT2D eigenvalue weighted by molar-refractivity contribution is 0.945. The Morgan fingerprint density at radius 1 is 1.00 bits per heavy atom. The molecular formula is C12H24. The SMILES string of the molecule is CC.CC.CC1=CCCC(C)=C1. The highest BCUT2D eigenvalue weighted by Gasteiger charge is 1.94. The summed E-state index contributed by atoms with van der Waals surface area (Å²) >= 11 is 0. The highest BCUT2D eigenvalue weighted by Crippen LogP contribution is 2.14. The summed E-state index contributed by atoms with van der Waals surface area (Å²) in [6.45, 7) is 12.3. The molecule has 0 saturated heterocycles. The molecule has 72 valence electrons. The molecule has 0 nitrogen and oxygen atoms in total. The topological polar surface area (TPSA) is 0 Å². The third-order valence-corrected chi connectivity index (χ3v) is 1.48. The summed E-state index contributed by atoms with van der Waals surface area (Å²) in [6.07, 6.45) is 7.04. The first-order chi connectivity index (χ1) is 5.79. The van der Waals surface area contributed by atoms with Crippen LogP contribution in [0, 0.1) is 0 Å². The van der Waals surface area contributed by atoms with Crippen LogP contribution in [0.3, 0.4) is 0 Å². The van der Waals surface area contributed by atoms with E-state index in [1.807, 2.05) is 27.7 Å². The van der Waals surface area contributed by atoms with Gasteiger partial charge in [0.25, 0.3) is 0 Å². The van der Waals surface area contributed by atoms with Gasteiger partial charge in [0.15, 0.2) is 0 Å². The van der Waals surface area contributed by atoms with Crippen LogP contribution < -0.4 is 0 Å². The van der Waals surface area contributed by atoms with Gasteiger partial charge in [-0.3, -0.25) is 0 Å². The van der Waals surface area contributed by atoms with Crippen LogP contribution in [0.4, 0.5) is 0 Å². The number of rotatable bonds is 0. The van der Waals surface area contributed by atoms with Crippen LogP contribution in [0.5, 0.6) is 0 Å². The molecule has 0 unspecified atom stereocenters. The maximum absolute atomic E-state index is 2.28. The molecule has 1 aliphatic carbocycles. The zero-order valence-electron chi connectivity index (χ0n) is 9.57. The Labute approximate surface area is 78.4 Å². The van der Waals surface area contributed by atoms with Gasteiger partial charge in [0, 0.05) is 0 Å². The van der Waals surface area contributed by atoms with E-state index in [2.05, 4.69) is 26.0 Å². The molecule has 1 rings (SSSR count). The van der Waals surface area contributed by atoms with Crippen molar-refractivity contribution in [1.29, 1.82) is 0 Å². The van der Waals surface area contributed by atoms with Crippen LogP contribution in [-0.2, 0) is 0 Å². The minimum atomic E-state index is 1.24. The van der Waals surface area contributed by atoms with E-state index in [-0.39, 0.29) is 0 Å². The first-order valence-corrected chi connectivity index (χ1v) is 5.13. The van der Waals surface area contributed by atoms with Gasteiger partial charge in [-0.1, -0.05) is 51.0 Å². The van der Waals surface area contributed by atoms with Crippen LogP contribution in [0.2, 0.25) is 0 Å². The van der Waals surface area contributed by atoms with Crippen molar-refractivity contribution in [3.05, 3.63) is 23.3 Å². The minimum absolute atomic E-state index is 1.24. The van der Waals surface area contributed by atoms with Crippen molar-refractivity contribution in [2.45, 2.75) is 54.4 Å². The Kier molecular flexibility index (Phi) is 12.3. The first-order valence-electron chi connectivity index (χ1n) is 5.13. The summed E-state index contributed by atoms with van der Waals surface area (Å²) in [5.41, 5.74) is 2.94. The smallest absolute Gasteiger partial charge is 0.0285 e. The van der Waals surface area contributed by atoms with Crippen molar-refractivity contribution in [1.82, 2.24) is 0 Å². The molecular weight excluding hydrogens is 144 g/mol. The lowest BCUT2D eigenvalue weighted by Gasteiger charge is -2.04. The minimum Gasteiger partial charge on any atom is -0.0813 e. The molecule has 0 radical (unpaired) electrons. The molecule has 0 aliphatic heterocycles. The Bertz CT molecular complexity index is 138. The monoisotopic (exact) mass is 168 g/mol. The van der Waals surface area contributed by atoms with Gasteiger partial charge in [-0.25, -0.2) is 0 Å². The quantitative estimate of drug-likeness (QED) is 0.490. The van der Waals surface area contributed by atoms with Gasteiger partial charge in [-0.2, -0.15) is 0 Å². The van der Waals surface area contributed by atoms with Crippen molar-refractivity contribution in [2.75, 3.05) is 0 Å². The predicted molar refractivity (Wildman–Crippen MR) is 59.4 cm³/mol. The van der Waals surface area contributed by atoms with E-state index in [0.717, 1.165) is 0 Å². The Morgan fingerprint density at radius 2 is 1.50 bits per heavy atom. The summed E-state index contributed by atoms with van der Waals surface area (Å²) in [6, 6.07) is 0. The highest BCUT2D eigenvalue weighted by molar-refractivity contribution is 5.24. The average Bonchev–Trinajstić information content (AvgIpc) is 2.11. The van der Waals surface area contributed by atoms with E-state index in [0.29, 0.717) is 0 Å². The molecule has 0 N–H and O–H groups in total. The standard InChI is InChI=1S/C8H12.2C2H6/c1-7-4-3-5-8(2)6-7;2*1-2/h4,6H,3,5H2,1-2H3;2*1-2H3. The molecule has 0 atom stereocenters. The summed E-state index contributed by atoms with van der Waals surface area (Å²) in [5.74, 6) is 0. The summed E-state index contributed by atoms with van der Waals surface area (Å²) in [5, 5.41) is 0. The number of allylic oxidation sites excluding steroid dienone is 4. The van der Waals surface area contributed by atoms with Gasteiger partial charge in [0.1, 0.15) is 0 Å². The molecule has 0 amide bonds. The van der Waals surface area contributed by atoms with Crippen LogP contribution >= 0.6 is 0 Å². The van der Waals surface area contributed by atoms with E-state index < -0.39 is 0 Å².